The van der Waals surface area contributed by atoms with E-state index in [0.717, 1.165) is 48.3 Å². The first kappa shape index (κ1) is 16.4. The Hall–Kier alpha value is -2.42. The Labute approximate surface area is 142 Å². The summed E-state index contributed by atoms with van der Waals surface area (Å²) >= 11 is 0. The number of halogens is 1. The molecule has 24 heavy (non-hydrogen) atoms. The number of hydrogen-bond acceptors (Lipinski definition) is 2. The van der Waals surface area contributed by atoms with Crippen molar-refractivity contribution >= 4 is 11.8 Å². The van der Waals surface area contributed by atoms with Gasteiger partial charge in [-0.1, -0.05) is 43.7 Å². The van der Waals surface area contributed by atoms with E-state index in [1.165, 1.54) is 0 Å². The van der Waals surface area contributed by atoms with Gasteiger partial charge in [0.05, 0.1) is 6.61 Å². The predicted octanol–water partition coefficient (Wildman–Crippen LogP) is 5.22. The van der Waals surface area contributed by atoms with E-state index >= 15 is 0 Å². The second-order valence-electron chi connectivity index (χ2n) is 5.90. The number of fused-ring (bicyclic) bond motifs is 1. The van der Waals surface area contributed by atoms with Crippen LogP contribution < -0.4 is 4.74 Å². The van der Waals surface area contributed by atoms with Gasteiger partial charge in [-0.25, -0.2) is 4.39 Å². The van der Waals surface area contributed by atoms with Crippen molar-refractivity contribution in [3.63, 3.8) is 0 Å². The summed E-state index contributed by atoms with van der Waals surface area (Å²) in [7, 11) is 0. The first-order valence-corrected chi connectivity index (χ1v) is 8.51. The van der Waals surface area contributed by atoms with Gasteiger partial charge >= 0.3 is 0 Å². The number of benzene rings is 2. The zero-order valence-electron chi connectivity index (χ0n) is 14.0. The maximum absolute atomic E-state index is 14.7. The first-order chi connectivity index (χ1) is 11.8. The van der Waals surface area contributed by atoms with Crippen LogP contribution in [0.3, 0.4) is 0 Å². The van der Waals surface area contributed by atoms with E-state index < -0.39 is 0 Å². The molecule has 0 bridgehead atoms. The number of nitrogens with zero attached hydrogens (tertiary/aromatic N) is 1. The van der Waals surface area contributed by atoms with Gasteiger partial charge in [0.15, 0.2) is 0 Å². The van der Waals surface area contributed by atoms with Crippen molar-refractivity contribution in [1.29, 1.82) is 0 Å². The monoisotopic (exact) mass is 323 g/mol. The summed E-state index contributed by atoms with van der Waals surface area (Å²) < 4.78 is 20.5. The van der Waals surface area contributed by atoms with Crippen LogP contribution in [0.1, 0.15) is 36.5 Å². The highest BCUT2D eigenvalue weighted by atomic mass is 19.1. The molecular weight excluding hydrogens is 301 g/mol. The van der Waals surface area contributed by atoms with Crippen molar-refractivity contribution in [1.82, 2.24) is 0 Å². The number of aliphatic imine (C=N–C) groups is 1. The van der Waals surface area contributed by atoms with Gasteiger partial charge < -0.3 is 4.74 Å². The number of ether oxygens (including phenoxy) is 1. The standard InChI is InChI=1S/C21H22FNO/c1-2-3-13-24-18-9-10-19-17(15-18)11-12-23-21(19)20(22)14-16-7-5-4-6-8-16/h4-10,14-15H,2-3,11-13H2,1H3. The Balaban J connectivity index is 1.83. The molecule has 0 aromatic heterocycles. The van der Waals surface area contributed by atoms with Crippen LogP contribution in [0.4, 0.5) is 4.39 Å². The summed E-state index contributed by atoms with van der Waals surface area (Å²) in [5.41, 5.74) is 3.25. The lowest BCUT2D eigenvalue weighted by Gasteiger charge is -2.17. The van der Waals surface area contributed by atoms with E-state index in [2.05, 4.69) is 11.9 Å². The molecule has 2 aromatic rings. The molecular formula is C21H22FNO. The Morgan fingerprint density at radius 3 is 2.83 bits per heavy atom. The minimum Gasteiger partial charge on any atom is -0.494 e. The Morgan fingerprint density at radius 2 is 2.04 bits per heavy atom. The SMILES string of the molecule is CCCCOc1ccc2c(c1)CCN=C2C(F)=Cc1ccccc1. The van der Waals surface area contributed by atoms with Crippen LogP contribution in [-0.4, -0.2) is 18.9 Å². The molecule has 1 heterocycles. The summed E-state index contributed by atoms with van der Waals surface area (Å²) in [4.78, 5) is 4.40. The molecule has 0 unspecified atom stereocenters. The lowest BCUT2D eigenvalue weighted by molar-refractivity contribution is 0.309. The van der Waals surface area contributed by atoms with Gasteiger partial charge in [-0.2, -0.15) is 0 Å². The zero-order chi connectivity index (χ0) is 16.8. The summed E-state index contributed by atoms with van der Waals surface area (Å²) in [5.74, 6) is 0.567. The molecule has 0 N–H and O–H groups in total. The Morgan fingerprint density at radius 1 is 1.21 bits per heavy atom. The van der Waals surface area contributed by atoms with Gasteiger partial charge in [-0.15, -0.1) is 0 Å². The smallest absolute Gasteiger partial charge is 0.149 e. The lowest BCUT2D eigenvalue weighted by atomic mass is 9.96. The van der Waals surface area contributed by atoms with Crippen LogP contribution >= 0.6 is 0 Å². The van der Waals surface area contributed by atoms with Crippen molar-refractivity contribution in [3.8, 4) is 5.75 Å². The van der Waals surface area contributed by atoms with Gasteiger partial charge in [0.1, 0.15) is 17.3 Å². The largest absolute Gasteiger partial charge is 0.494 e. The fourth-order valence-electron chi connectivity index (χ4n) is 2.77. The third kappa shape index (κ3) is 3.91. The number of allylic oxidation sites excluding steroid dienone is 1. The molecule has 2 aromatic carbocycles. The summed E-state index contributed by atoms with van der Waals surface area (Å²) in [6.07, 6.45) is 4.51. The van der Waals surface area contributed by atoms with Crippen molar-refractivity contribution < 1.29 is 9.13 Å². The molecule has 0 spiro atoms. The molecule has 0 fully saturated rings. The van der Waals surface area contributed by atoms with Gasteiger partial charge in [-0.3, -0.25) is 4.99 Å². The maximum Gasteiger partial charge on any atom is 0.149 e. The van der Waals surface area contributed by atoms with Gasteiger partial charge in [0.25, 0.3) is 0 Å². The highest BCUT2D eigenvalue weighted by Crippen LogP contribution is 2.26. The minimum atomic E-state index is -0.290. The third-order valence-electron chi connectivity index (χ3n) is 4.07. The van der Waals surface area contributed by atoms with E-state index in [1.807, 2.05) is 48.5 Å². The number of hydrogen-bond donors (Lipinski definition) is 0. The maximum atomic E-state index is 14.7. The van der Waals surface area contributed by atoms with Gasteiger partial charge in [-0.05, 0) is 48.2 Å². The average molecular weight is 323 g/mol. The first-order valence-electron chi connectivity index (χ1n) is 8.51. The molecule has 124 valence electrons. The number of unbranched alkanes of at least 4 members (excludes halogenated alkanes) is 1. The predicted molar refractivity (Wildman–Crippen MR) is 97.5 cm³/mol. The summed E-state index contributed by atoms with van der Waals surface area (Å²) in [6, 6.07) is 15.3. The molecule has 2 nitrogen and oxygen atoms in total. The fourth-order valence-corrected chi connectivity index (χ4v) is 2.77. The highest BCUT2D eigenvalue weighted by molar-refractivity contribution is 6.14. The van der Waals surface area contributed by atoms with Crippen molar-refractivity contribution in [2.24, 2.45) is 4.99 Å². The normalized spacial score (nSPS) is 14.1. The van der Waals surface area contributed by atoms with Crippen LogP contribution in [0.5, 0.6) is 5.75 Å². The minimum absolute atomic E-state index is 0.290. The van der Waals surface area contributed by atoms with E-state index in [1.54, 1.807) is 6.08 Å². The lowest BCUT2D eigenvalue weighted by Crippen LogP contribution is -2.14. The van der Waals surface area contributed by atoms with Crippen LogP contribution in [-0.2, 0) is 6.42 Å². The van der Waals surface area contributed by atoms with E-state index in [0.29, 0.717) is 12.3 Å². The molecule has 0 amide bonds. The topological polar surface area (TPSA) is 21.6 Å². The van der Waals surface area contributed by atoms with Gasteiger partial charge in [0, 0.05) is 12.1 Å². The highest BCUT2D eigenvalue weighted by Gasteiger charge is 2.18. The zero-order valence-corrected chi connectivity index (χ0v) is 14.0. The molecule has 3 rings (SSSR count). The molecule has 3 heteroatoms. The Bertz CT molecular complexity index is 750. The Kier molecular flexibility index (Phi) is 5.42. The molecule has 1 aliphatic rings. The van der Waals surface area contributed by atoms with E-state index in [9.17, 15) is 4.39 Å². The van der Waals surface area contributed by atoms with Crippen molar-refractivity contribution in [3.05, 3.63) is 71.0 Å². The van der Waals surface area contributed by atoms with Crippen LogP contribution in [0.15, 0.2) is 59.4 Å². The summed E-state index contributed by atoms with van der Waals surface area (Å²) in [6.45, 7) is 3.47. The van der Waals surface area contributed by atoms with Crippen LogP contribution in [0, 0.1) is 0 Å². The molecule has 1 aliphatic heterocycles. The van der Waals surface area contributed by atoms with Crippen molar-refractivity contribution in [2.75, 3.05) is 13.2 Å². The molecule has 0 saturated carbocycles. The second-order valence-corrected chi connectivity index (χ2v) is 5.90. The molecule has 0 radical (unpaired) electrons. The average Bonchev–Trinajstić information content (AvgIpc) is 2.62. The van der Waals surface area contributed by atoms with Crippen molar-refractivity contribution in [2.45, 2.75) is 26.2 Å². The second kappa shape index (κ2) is 7.91. The van der Waals surface area contributed by atoms with Crippen LogP contribution in [0.2, 0.25) is 0 Å². The summed E-state index contributed by atoms with van der Waals surface area (Å²) in [5, 5.41) is 0. The molecule has 0 aliphatic carbocycles. The van der Waals surface area contributed by atoms with Gasteiger partial charge in [0.2, 0.25) is 0 Å². The molecule has 0 atom stereocenters. The van der Waals surface area contributed by atoms with E-state index in [4.69, 9.17) is 4.74 Å². The fraction of sp³-hybridized carbons (Fsp3) is 0.286. The quantitative estimate of drug-likeness (QED) is 0.668. The van der Waals surface area contributed by atoms with E-state index in [-0.39, 0.29) is 5.83 Å². The van der Waals surface area contributed by atoms with Crippen LogP contribution in [0.25, 0.3) is 6.08 Å². The number of rotatable bonds is 6. The third-order valence-corrected chi connectivity index (χ3v) is 4.07. The molecule has 0 saturated heterocycles.